The van der Waals surface area contributed by atoms with E-state index in [-0.39, 0.29) is 0 Å². The summed E-state index contributed by atoms with van der Waals surface area (Å²) in [4.78, 5) is 9.12. The van der Waals surface area contributed by atoms with Crippen molar-refractivity contribution in [3.8, 4) is 0 Å². The molecule has 2 aromatic carbocycles. The van der Waals surface area contributed by atoms with Crippen LogP contribution in [-0.4, -0.2) is 14.4 Å². The highest BCUT2D eigenvalue weighted by atomic mass is 15.1. The molecule has 4 aromatic rings. The summed E-state index contributed by atoms with van der Waals surface area (Å²) in [6.07, 6.45) is 10.5. The third kappa shape index (κ3) is 2.71. The summed E-state index contributed by atoms with van der Waals surface area (Å²) < 4.78 is 2.08. The van der Waals surface area contributed by atoms with Gasteiger partial charge in [0.2, 0.25) is 0 Å². The van der Waals surface area contributed by atoms with E-state index in [2.05, 4.69) is 45.0 Å². The van der Waals surface area contributed by atoms with Gasteiger partial charge in [-0.3, -0.25) is 4.40 Å². The van der Waals surface area contributed by atoms with Gasteiger partial charge in [-0.1, -0.05) is 43.5 Å². The second kappa shape index (κ2) is 6.45. The first kappa shape index (κ1) is 15.4. The molecule has 2 aromatic heterocycles. The van der Waals surface area contributed by atoms with Crippen molar-refractivity contribution in [3.63, 3.8) is 0 Å². The van der Waals surface area contributed by atoms with Crippen LogP contribution < -0.4 is 5.32 Å². The van der Waals surface area contributed by atoms with Gasteiger partial charge in [0.15, 0.2) is 5.82 Å². The molecule has 1 fully saturated rings. The molecular weight excluding hydrogens is 320 g/mol. The minimum atomic E-state index is 0.734. The average Bonchev–Trinajstić information content (AvgIpc) is 3.20. The molecule has 1 aliphatic carbocycles. The van der Waals surface area contributed by atoms with Crippen LogP contribution in [0.4, 0.5) is 11.5 Å². The van der Waals surface area contributed by atoms with Crippen molar-refractivity contribution in [1.29, 1.82) is 0 Å². The van der Waals surface area contributed by atoms with Gasteiger partial charge in [-0.2, -0.15) is 0 Å². The van der Waals surface area contributed by atoms with Crippen molar-refractivity contribution < 1.29 is 0 Å². The van der Waals surface area contributed by atoms with Crippen molar-refractivity contribution in [2.75, 3.05) is 5.32 Å². The van der Waals surface area contributed by atoms with Crippen molar-refractivity contribution in [2.45, 2.75) is 38.0 Å². The topological polar surface area (TPSA) is 42.2 Å². The van der Waals surface area contributed by atoms with E-state index in [0.29, 0.717) is 0 Å². The van der Waals surface area contributed by atoms with Crippen LogP contribution in [0.25, 0.3) is 16.6 Å². The van der Waals surface area contributed by atoms with Gasteiger partial charge in [0.1, 0.15) is 5.52 Å². The lowest BCUT2D eigenvalue weighted by Crippen LogP contribution is -2.04. The van der Waals surface area contributed by atoms with E-state index >= 15 is 0 Å². The second-order valence-electron chi connectivity index (χ2n) is 7.18. The molecule has 0 aliphatic heterocycles. The Morgan fingerprint density at radius 1 is 0.885 bits per heavy atom. The Morgan fingerprint density at radius 2 is 1.69 bits per heavy atom. The van der Waals surface area contributed by atoms with Crippen LogP contribution >= 0.6 is 0 Å². The monoisotopic (exact) mass is 342 g/mol. The molecule has 0 unspecified atom stereocenters. The quantitative estimate of drug-likeness (QED) is 0.521. The molecule has 4 heteroatoms. The maximum atomic E-state index is 4.81. The molecule has 0 atom stereocenters. The summed E-state index contributed by atoms with van der Waals surface area (Å²) in [6, 6.07) is 17.0. The Hall–Kier alpha value is -2.88. The van der Waals surface area contributed by atoms with E-state index in [4.69, 9.17) is 4.98 Å². The molecule has 26 heavy (non-hydrogen) atoms. The van der Waals surface area contributed by atoms with Crippen LogP contribution in [-0.2, 0) is 0 Å². The third-order valence-corrected chi connectivity index (χ3v) is 5.50. The van der Waals surface area contributed by atoms with Gasteiger partial charge in [0, 0.05) is 5.69 Å². The lowest BCUT2D eigenvalue weighted by Gasteiger charge is -2.22. The van der Waals surface area contributed by atoms with Gasteiger partial charge in [0.05, 0.1) is 23.6 Å². The van der Waals surface area contributed by atoms with Crippen molar-refractivity contribution >= 4 is 28.1 Å². The zero-order chi connectivity index (χ0) is 17.3. The molecule has 0 saturated heterocycles. The fraction of sp³-hybridized carbons (Fsp3) is 0.273. The molecule has 5 rings (SSSR count). The predicted molar refractivity (Wildman–Crippen MR) is 106 cm³/mol. The molecule has 1 aliphatic rings. The van der Waals surface area contributed by atoms with Gasteiger partial charge in [-0.15, -0.1) is 0 Å². The second-order valence-corrected chi connectivity index (χ2v) is 7.18. The van der Waals surface area contributed by atoms with Gasteiger partial charge >= 0.3 is 0 Å². The first-order chi connectivity index (χ1) is 12.9. The fourth-order valence-corrected chi connectivity index (χ4v) is 4.11. The lowest BCUT2D eigenvalue weighted by molar-refractivity contribution is 0.443. The first-order valence-electron chi connectivity index (χ1n) is 9.46. The van der Waals surface area contributed by atoms with Crippen molar-refractivity contribution in [2.24, 2.45) is 0 Å². The number of aromatic nitrogens is 3. The molecule has 1 saturated carbocycles. The molecule has 1 N–H and O–H groups in total. The SMILES string of the molecule is c1ccc2c(c1)nc(Nc1ccc(C3CCCCC3)cc1)c1cncn12. The van der Waals surface area contributed by atoms with Crippen LogP contribution in [0.1, 0.15) is 43.6 Å². The number of imidazole rings is 1. The molecule has 4 nitrogen and oxygen atoms in total. The van der Waals surface area contributed by atoms with E-state index in [1.165, 1.54) is 37.7 Å². The largest absolute Gasteiger partial charge is 0.338 e. The Balaban J connectivity index is 1.47. The third-order valence-electron chi connectivity index (χ3n) is 5.50. The molecule has 0 radical (unpaired) electrons. The fourth-order valence-electron chi connectivity index (χ4n) is 4.11. The summed E-state index contributed by atoms with van der Waals surface area (Å²) in [5, 5.41) is 3.48. The highest BCUT2D eigenvalue weighted by Crippen LogP contribution is 2.33. The summed E-state index contributed by atoms with van der Waals surface area (Å²) in [5.41, 5.74) is 5.55. The first-order valence-corrected chi connectivity index (χ1v) is 9.46. The molecule has 0 spiro atoms. The number of nitrogens with one attached hydrogen (secondary N) is 1. The van der Waals surface area contributed by atoms with Gasteiger partial charge in [-0.25, -0.2) is 9.97 Å². The van der Waals surface area contributed by atoms with Gasteiger partial charge in [-0.05, 0) is 48.6 Å². The number of hydrogen-bond acceptors (Lipinski definition) is 3. The van der Waals surface area contributed by atoms with Crippen LogP contribution in [0.15, 0.2) is 61.1 Å². The number of nitrogens with zero attached hydrogens (tertiary/aromatic N) is 3. The molecule has 0 bridgehead atoms. The molecular formula is C22H22N4. The Kier molecular flexibility index (Phi) is 3.81. The summed E-state index contributed by atoms with van der Waals surface area (Å²) in [5.74, 6) is 1.57. The predicted octanol–water partition coefficient (Wildman–Crippen LogP) is 5.67. The maximum Gasteiger partial charge on any atom is 0.157 e. The van der Waals surface area contributed by atoms with Gasteiger partial charge in [0.25, 0.3) is 0 Å². The highest BCUT2D eigenvalue weighted by molar-refractivity contribution is 5.85. The van der Waals surface area contributed by atoms with Crippen molar-refractivity contribution in [3.05, 3.63) is 66.6 Å². The van der Waals surface area contributed by atoms with Crippen LogP contribution in [0.3, 0.4) is 0 Å². The normalized spacial score (nSPS) is 15.5. The Bertz CT molecular complexity index is 1040. The standard InChI is InChI=1S/C22H22N4/c1-2-6-16(7-3-1)17-10-12-18(13-11-17)24-22-21-14-23-15-26(21)20-9-5-4-8-19(20)25-22/h4-5,8-16H,1-3,6-7H2,(H,24,25). The number of fused-ring (bicyclic) bond motifs is 3. The number of anilines is 2. The summed E-state index contributed by atoms with van der Waals surface area (Å²) >= 11 is 0. The number of rotatable bonds is 3. The van der Waals surface area contributed by atoms with E-state index in [9.17, 15) is 0 Å². The van der Waals surface area contributed by atoms with E-state index in [1.54, 1.807) is 0 Å². The van der Waals surface area contributed by atoms with Crippen LogP contribution in [0, 0.1) is 0 Å². The minimum absolute atomic E-state index is 0.734. The van der Waals surface area contributed by atoms with Gasteiger partial charge < -0.3 is 5.32 Å². The molecule has 2 heterocycles. The van der Waals surface area contributed by atoms with E-state index in [1.807, 2.05) is 30.7 Å². The summed E-state index contributed by atoms with van der Waals surface area (Å²) in [7, 11) is 0. The Labute approximate surface area is 152 Å². The van der Waals surface area contributed by atoms with Crippen LogP contribution in [0.2, 0.25) is 0 Å². The van der Waals surface area contributed by atoms with E-state index in [0.717, 1.165) is 34.0 Å². The highest BCUT2D eigenvalue weighted by Gasteiger charge is 2.15. The lowest BCUT2D eigenvalue weighted by atomic mass is 9.84. The summed E-state index contributed by atoms with van der Waals surface area (Å²) in [6.45, 7) is 0. The average molecular weight is 342 g/mol. The smallest absolute Gasteiger partial charge is 0.157 e. The number of hydrogen-bond donors (Lipinski definition) is 1. The Morgan fingerprint density at radius 3 is 2.54 bits per heavy atom. The molecule has 130 valence electrons. The zero-order valence-corrected chi connectivity index (χ0v) is 14.7. The number of benzene rings is 2. The van der Waals surface area contributed by atoms with E-state index < -0.39 is 0 Å². The zero-order valence-electron chi connectivity index (χ0n) is 14.7. The van der Waals surface area contributed by atoms with Crippen LogP contribution in [0.5, 0.6) is 0 Å². The van der Waals surface area contributed by atoms with Crippen molar-refractivity contribution in [1.82, 2.24) is 14.4 Å². The maximum absolute atomic E-state index is 4.81. The number of para-hydroxylation sites is 2. The minimum Gasteiger partial charge on any atom is -0.338 e. The molecule has 0 amide bonds.